The molecule has 6 nitrogen and oxygen atoms in total. The number of carbonyl (C=O) groups excluding carboxylic acids is 1. The average molecular weight is 349 g/mol. The van der Waals surface area contributed by atoms with Gasteiger partial charge < -0.3 is 4.74 Å². The van der Waals surface area contributed by atoms with Gasteiger partial charge in [0, 0.05) is 6.61 Å². The molecule has 2 aromatic carbocycles. The van der Waals surface area contributed by atoms with Crippen LogP contribution < -0.4 is 11.0 Å². The first kappa shape index (κ1) is 16.5. The first-order valence-electron chi connectivity index (χ1n) is 8.69. The molecule has 1 aliphatic heterocycles. The van der Waals surface area contributed by atoms with Gasteiger partial charge in [0.1, 0.15) is 6.10 Å². The smallest absolute Gasteiger partial charge is 0.280 e. The third-order valence-corrected chi connectivity index (χ3v) is 4.46. The number of hydrogen-bond acceptors (Lipinski definition) is 4. The number of fused-ring (bicyclic) bond motifs is 1. The molecule has 1 aliphatic rings. The van der Waals surface area contributed by atoms with Gasteiger partial charge in [0.2, 0.25) is 5.91 Å². The number of amides is 1. The number of carbonyl (C=O) groups is 1. The Bertz CT molecular complexity index is 992. The van der Waals surface area contributed by atoms with E-state index < -0.39 is 0 Å². The predicted octanol–water partition coefficient (Wildman–Crippen LogP) is 2.56. The standard InChI is InChI=1S/C20H19N3O3/c24-18(13-14-7-2-1-3-8-14)22-23-19(17-11-6-12-26-17)21-16-10-5-4-9-15(16)20(23)25/h1-5,7-10,17H,6,11-13H2,(H,22,24). The molecule has 26 heavy (non-hydrogen) atoms. The molecule has 0 bridgehead atoms. The fraction of sp³-hybridized carbons (Fsp3) is 0.250. The van der Waals surface area contributed by atoms with Gasteiger partial charge in [-0.1, -0.05) is 42.5 Å². The number of nitrogens with zero attached hydrogens (tertiary/aromatic N) is 2. The third-order valence-electron chi connectivity index (χ3n) is 4.46. The molecule has 0 radical (unpaired) electrons. The number of benzene rings is 2. The second kappa shape index (κ2) is 7.09. The SMILES string of the molecule is O=C(Cc1ccccc1)Nn1c(C2CCCO2)nc2ccccc2c1=O. The highest BCUT2D eigenvalue weighted by atomic mass is 16.5. The van der Waals surface area contributed by atoms with E-state index in [1.807, 2.05) is 36.4 Å². The van der Waals surface area contributed by atoms with E-state index in [-0.39, 0.29) is 24.0 Å². The quantitative estimate of drug-likeness (QED) is 0.786. The molecule has 0 saturated carbocycles. The van der Waals surface area contributed by atoms with Gasteiger partial charge in [-0.2, -0.15) is 4.68 Å². The molecule has 1 aromatic heterocycles. The number of aromatic nitrogens is 2. The molecule has 6 heteroatoms. The Hall–Kier alpha value is -2.99. The molecular formula is C20H19N3O3. The minimum absolute atomic E-state index is 0.186. The number of ether oxygens (including phenoxy) is 1. The maximum absolute atomic E-state index is 12.9. The zero-order chi connectivity index (χ0) is 17.9. The topological polar surface area (TPSA) is 73.2 Å². The van der Waals surface area contributed by atoms with Crippen LogP contribution in [0.15, 0.2) is 59.4 Å². The maximum atomic E-state index is 12.9. The molecule has 1 amide bonds. The van der Waals surface area contributed by atoms with Crippen molar-refractivity contribution in [3.05, 3.63) is 76.3 Å². The number of nitrogens with one attached hydrogen (secondary N) is 1. The Morgan fingerprint density at radius 3 is 2.69 bits per heavy atom. The summed E-state index contributed by atoms with van der Waals surface area (Å²) in [5.41, 5.74) is 3.92. The van der Waals surface area contributed by atoms with E-state index in [4.69, 9.17) is 4.74 Å². The third kappa shape index (κ3) is 3.23. The molecule has 0 spiro atoms. The summed E-state index contributed by atoms with van der Waals surface area (Å²) >= 11 is 0. The molecule has 1 unspecified atom stereocenters. The van der Waals surface area contributed by atoms with Crippen LogP contribution >= 0.6 is 0 Å². The van der Waals surface area contributed by atoms with Gasteiger partial charge in [0.25, 0.3) is 5.56 Å². The van der Waals surface area contributed by atoms with Crippen molar-refractivity contribution < 1.29 is 9.53 Å². The van der Waals surface area contributed by atoms with Gasteiger partial charge >= 0.3 is 0 Å². The highest BCUT2D eigenvalue weighted by Gasteiger charge is 2.25. The molecule has 1 N–H and O–H groups in total. The number of rotatable bonds is 4. The van der Waals surface area contributed by atoms with Crippen LogP contribution in [-0.4, -0.2) is 22.2 Å². The summed E-state index contributed by atoms with van der Waals surface area (Å²) < 4.78 is 6.96. The van der Waals surface area contributed by atoms with Crippen LogP contribution in [0.5, 0.6) is 0 Å². The van der Waals surface area contributed by atoms with Gasteiger partial charge in [-0.15, -0.1) is 0 Å². The summed E-state index contributed by atoms with van der Waals surface area (Å²) in [7, 11) is 0. The molecule has 1 fully saturated rings. The number of hydrogen-bond donors (Lipinski definition) is 1. The Balaban J connectivity index is 1.72. The lowest BCUT2D eigenvalue weighted by atomic mass is 10.1. The monoisotopic (exact) mass is 349 g/mol. The second-order valence-corrected chi connectivity index (χ2v) is 6.33. The largest absolute Gasteiger partial charge is 0.370 e. The van der Waals surface area contributed by atoms with Crippen molar-refractivity contribution in [2.75, 3.05) is 12.0 Å². The van der Waals surface area contributed by atoms with Gasteiger partial charge in [-0.05, 0) is 30.5 Å². The predicted molar refractivity (Wildman–Crippen MR) is 98.4 cm³/mol. The fourth-order valence-corrected chi connectivity index (χ4v) is 3.20. The van der Waals surface area contributed by atoms with Crippen LogP contribution in [0.25, 0.3) is 10.9 Å². The fourth-order valence-electron chi connectivity index (χ4n) is 3.20. The van der Waals surface area contributed by atoms with Crippen LogP contribution in [0.2, 0.25) is 0 Å². The summed E-state index contributed by atoms with van der Waals surface area (Å²) in [5.74, 6) is 0.183. The van der Waals surface area contributed by atoms with E-state index in [0.29, 0.717) is 23.3 Å². The maximum Gasteiger partial charge on any atom is 0.280 e. The first-order chi connectivity index (χ1) is 12.7. The van der Waals surface area contributed by atoms with Gasteiger partial charge in [-0.25, -0.2) is 4.98 Å². The lowest BCUT2D eigenvalue weighted by Gasteiger charge is -2.18. The van der Waals surface area contributed by atoms with Gasteiger partial charge in [0.05, 0.1) is 17.3 Å². The first-order valence-corrected chi connectivity index (χ1v) is 8.69. The minimum Gasteiger partial charge on any atom is -0.370 e. The Labute approximate surface area is 150 Å². The van der Waals surface area contributed by atoms with Crippen molar-refractivity contribution in [1.82, 2.24) is 9.66 Å². The zero-order valence-electron chi connectivity index (χ0n) is 14.2. The van der Waals surface area contributed by atoms with E-state index in [1.54, 1.807) is 18.2 Å². The molecule has 1 saturated heterocycles. The highest BCUT2D eigenvalue weighted by Crippen LogP contribution is 2.27. The van der Waals surface area contributed by atoms with Crippen molar-refractivity contribution in [2.24, 2.45) is 0 Å². The average Bonchev–Trinajstić information content (AvgIpc) is 3.19. The summed E-state index contributed by atoms with van der Waals surface area (Å²) in [6.07, 6.45) is 1.58. The molecule has 2 heterocycles. The normalized spacial score (nSPS) is 16.7. The zero-order valence-corrected chi connectivity index (χ0v) is 14.2. The van der Waals surface area contributed by atoms with Crippen LogP contribution in [-0.2, 0) is 16.0 Å². The van der Waals surface area contributed by atoms with E-state index >= 15 is 0 Å². The van der Waals surface area contributed by atoms with Crippen molar-refractivity contribution >= 4 is 16.8 Å². The van der Waals surface area contributed by atoms with E-state index in [2.05, 4.69) is 10.4 Å². The van der Waals surface area contributed by atoms with Gasteiger partial charge in [-0.3, -0.25) is 15.0 Å². The lowest BCUT2D eigenvalue weighted by molar-refractivity contribution is -0.116. The summed E-state index contributed by atoms with van der Waals surface area (Å²) in [6, 6.07) is 16.5. The second-order valence-electron chi connectivity index (χ2n) is 6.33. The van der Waals surface area contributed by atoms with E-state index in [1.165, 1.54) is 4.68 Å². The Morgan fingerprint density at radius 2 is 1.92 bits per heavy atom. The van der Waals surface area contributed by atoms with E-state index in [9.17, 15) is 9.59 Å². The molecule has 132 valence electrons. The van der Waals surface area contributed by atoms with Crippen molar-refractivity contribution in [1.29, 1.82) is 0 Å². The van der Waals surface area contributed by atoms with Crippen molar-refractivity contribution in [3.63, 3.8) is 0 Å². The highest BCUT2D eigenvalue weighted by molar-refractivity contribution is 5.86. The lowest BCUT2D eigenvalue weighted by Crippen LogP contribution is -2.38. The van der Waals surface area contributed by atoms with Crippen LogP contribution in [0.4, 0.5) is 0 Å². The molecule has 4 rings (SSSR count). The summed E-state index contributed by atoms with van der Waals surface area (Å²) in [5, 5.41) is 0.467. The Morgan fingerprint density at radius 1 is 1.15 bits per heavy atom. The number of para-hydroxylation sites is 1. The van der Waals surface area contributed by atoms with Crippen LogP contribution in [0.1, 0.15) is 30.3 Å². The molecule has 0 aliphatic carbocycles. The van der Waals surface area contributed by atoms with Crippen LogP contribution in [0, 0.1) is 0 Å². The summed E-state index contributed by atoms with van der Waals surface area (Å²) in [4.78, 5) is 30.0. The van der Waals surface area contributed by atoms with Crippen molar-refractivity contribution in [3.8, 4) is 0 Å². The molecule has 3 aromatic rings. The Kier molecular flexibility index (Phi) is 4.50. The summed E-state index contributed by atoms with van der Waals surface area (Å²) in [6.45, 7) is 0.630. The molecular weight excluding hydrogens is 330 g/mol. The minimum atomic E-state index is -0.289. The van der Waals surface area contributed by atoms with E-state index in [0.717, 1.165) is 18.4 Å². The van der Waals surface area contributed by atoms with Gasteiger partial charge in [0.15, 0.2) is 5.82 Å². The van der Waals surface area contributed by atoms with Crippen LogP contribution in [0.3, 0.4) is 0 Å². The molecule has 1 atom stereocenters. The van der Waals surface area contributed by atoms with Crippen molar-refractivity contribution in [2.45, 2.75) is 25.4 Å².